The number of esters is 2. The van der Waals surface area contributed by atoms with Crippen molar-refractivity contribution in [3.8, 4) is 0 Å². The summed E-state index contributed by atoms with van der Waals surface area (Å²) < 4.78 is 10.2. The maximum absolute atomic E-state index is 11.2. The van der Waals surface area contributed by atoms with Crippen molar-refractivity contribution in [1.82, 2.24) is 0 Å². The molecule has 0 heterocycles. The van der Waals surface area contributed by atoms with E-state index < -0.39 is 18.2 Å². The number of hydrogen-bond donors (Lipinski definition) is 0. The predicted molar refractivity (Wildman–Crippen MR) is 81.7 cm³/mol. The van der Waals surface area contributed by atoms with Crippen LogP contribution < -0.4 is 0 Å². The zero-order chi connectivity index (χ0) is 15.8. The topological polar surface area (TPSA) is 52.6 Å². The molecule has 0 N–H and O–H groups in total. The van der Waals surface area contributed by atoms with Gasteiger partial charge in [-0.3, -0.25) is 9.59 Å². The first-order valence-electron chi connectivity index (χ1n) is 6.73. The lowest BCUT2D eigenvalue weighted by molar-refractivity contribution is -0.178. The van der Waals surface area contributed by atoms with Crippen LogP contribution in [0.2, 0.25) is 5.02 Å². The third-order valence-corrected chi connectivity index (χ3v) is 2.98. The second kappa shape index (κ2) is 8.47. The number of carbonyl (C=O) groups excluding carboxylic acids is 2. The molecule has 0 radical (unpaired) electrons. The minimum Gasteiger partial charge on any atom is -0.421 e. The van der Waals surface area contributed by atoms with Crippen LogP contribution in [0.25, 0.3) is 6.08 Å². The van der Waals surface area contributed by atoms with Gasteiger partial charge in [-0.2, -0.15) is 0 Å². The molecule has 0 fully saturated rings. The SMILES string of the molecule is CCC/C(=C\c1ccccc1Cl)C(OC(C)=O)OC(C)=O. The van der Waals surface area contributed by atoms with Crippen molar-refractivity contribution < 1.29 is 19.1 Å². The van der Waals surface area contributed by atoms with E-state index in [1.54, 1.807) is 12.1 Å². The van der Waals surface area contributed by atoms with Crippen LogP contribution >= 0.6 is 11.6 Å². The van der Waals surface area contributed by atoms with Gasteiger partial charge >= 0.3 is 11.9 Å². The summed E-state index contributed by atoms with van der Waals surface area (Å²) in [4.78, 5) is 22.4. The van der Waals surface area contributed by atoms with Crippen LogP contribution in [0.5, 0.6) is 0 Å². The number of benzene rings is 1. The van der Waals surface area contributed by atoms with Crippen molar-refractivity contribution in [2.45, 2.75) is 39.9 Å². The number of rotatable bonds is 6. The van der Waals surface area contributed by atoms with Crippen molar-refractivity contribution in [2.75, 3.05) is 0 Å². The molecule has 0 aliphatic carbocycles. The van der Waals surface area contributed by atoms with E-state index in [9.17, 15) is 9.59 Å². The minimum atomic E-state index is -1.02. The Morgan fingerprint density at radius 2 is 1.76 bits per heavy atom. The molecular weight excluding hydrogens is 292 g/mol. The number of carbonyl (C=O) groups is 2. The molecule has 0 unspecified atom stereocenters. The largest absolute Gasteiger partial charge is 0.421 e. The van der Waals surface area contributed by atoms with Crippen LogP contribution in [0, 0.1) is 0 Å². The molecule has 1 aromatic carbocycles. The molecule has 114 valence electrons. The molecule has 4 nitrogen and oxygen atoms in total. The van der Waals surface area contributed by atoms with E-state index in [1.165, 1.54) is 13.8 Å². The lowest BCUT2D eigenvalue weighted by Crippen LogP contribution is -2.24. The first-order chi connectivity index (χ1) is 9.93. The van der Waals surface area contributed by atoms with Crippen molar-refractivity contribution in [3.63, 3.8) is 0 Å². The van der Waals surface area contributed by atoms with E-state index in [0.717, 1.165) is 12.0 Å². The molecule has 5 heteroatoms. The van der Waals surface area contributed by atoms with Gasteiger partial charge in [0.2, 0.25) is 0 Å². The molecule has 0 saturated heterocycles. The summed E-state index contributed by atoms with van der Waals surface area (Å²) >= 11 is 6.12. The van der Waals surface area contributed by atoms with Gasteiger partial charge in [0, 0.05) is 24.4 Å². The molecule has 0 amide bonds. The molecule has 0 saturated carbocycles. The Kier molecular flexibility index (Phi) is 6.96. The van der Waals surface area contributed by atoms with Gasteiger partial charge in [0.25, 0.3) is 6.29 Å². The molecule has 0 aliphatic rings. The van der Waals surface area contributed by atoms with E-state index in [-0.39, 0.29) is 0 Å². The third kappa shape index (κ3) is 6.00. The van der Waals surface area contributed by atoms with Crippen LogP contribution in [0.15, 0.2) is 29.8 Å². The van der Waals surface area contributed by atoms with E-state index >= 15 is 0 Å². The van der Waals surface area contributed by atoms with Crippen LogP contribution in [-0.4, -0.2) is 18.2 Å². The summed E-state index contributed by atoms with van der Waals surface area (Å²) in [5.41, 5.74) is 1.47. The number of ether oxygens (including phenoxy) is 2. The van der Waals surface area contributed by atoms with Gasteiger partial charge in [-0.15, -0.1) is 0 Å². The minimum absolute atomic E-state index is 0.512. The fourth-order valence-corrected chi connectivity index (χ4v) is 2.01. The Labute approximate surface area is 129 Å². The van der Waals surface area contributed by atoms with Gasteiger partial charge in [-0.25, -0.2) is 0 Å². The van der Waals surface area contributed by atoms with Crippen LogP contribution in [0.3, 0.4) is 0 Å². The molecule has 0 spiro atoms. The van der Waals surface area contributed by atoms with Gasteiger partial charge in [0.05, 0.1) is 0 Å². The second-order valence-corrected chi connectivity index (χ2v) is 4.95. The molecule has 21 heavy (non-hydrogen) atoms. The monoisotopic (exact) mass is 310 g/mol. The first kappa shape index (κ1) is 17.2. The van der Waals surface area contributed by atoms with Crippen molar-refractivity contribution in [3.05, 3.63) is 40.4 Å². The highest BCUT2D eigenvalue weighted by molar-refractivity contribution is 6.32. The summed E-state index contributed by atoms with van der Waals surface area (Å²) in [5, 5.41) is 0.579. The van der Waals surface area contributed by atoms with Crippen molar-refractivity contribution in [1.29, 1.82) is 0 Å². The third-order valence-electron chi connectivity index (χ3n) is 2.63. The lowest BCUT2D eigenvalue weighted by Gasteiger charge is -2.20. The van der Waals surface area contributed by atoms with E-state index in [1.807, 2.05) is 25.1 Å². The standard InChI is InChI=1S/C16H19ClO4/c1-4-7-14(10-13-8-5-6-9-15(13)17)16(20-11(2)18)21-12(3)19/h5-6,8-10,16H,4,7H2,1-3H3/b14-10+. The Balaban J connectivity index is 3.13. The molecule has 1 rings (SSSR count). The summed E-state index contributed by atoms with van der Waals surface area (Å²) in [6.07, 6.45) is 2.21. The van der Waals surface area contributed by atoms with Gasteiger partial charge in [-0.1, -0.05) is 43.1 Å². The number of halogens is 1. The quantitative estimate of drug-likeness (QED) is 0.589. The summed E-state index contributed by atoms with van der Waals surface area (Å²) in [6.45, 7) is 4.53. The highest BCUT2D eigenvalue weighted by Gasteiger charge is 2.20. The van der Waals surface area contributed by atoms with Crippen LogP contribution in [0.1, 0.15) is 39.2 Å². The van der Waals surface area contributed by atoms with Crippen molar-refractivity contribution in [2.24, 2.45) is 0 Å². The molecule has 0 atom stereocenters. The first-order valence-corrected chi connectivity index (χ1v) is 7.11. The normalized spacial score (nSPS) is 11.4. The molecule has 0 bridgehead atoms. The van der Waals surface area contributed by atoms with Gasteiger partial charge in [0.1, 0.15) is 0 Å². The van der Waals surface area contributed by atoms with Crippen LogP contribution in [0.4, 0.5) is 0 Å². The Hall–Kier alpha value is -1.81. The highest BCUT2D eigenvalue weighted by atomic mass is 35.5. The van der Waals surface area contributed by atoms with E-state index in [4.69, 9.17) is 21.1 Å². The predicted octanol–water partition coefficient (Wildman–Crippen LogP) is 3.98. The smallest absolute Gasteiger partial charge is 0.305 e. The Morgan fingerprint density at radius 1 is 1.19 bits per heavy atom. The summed E-state index contributed by atoms with van der Waals surface area (Å²) in [7, 11) is 0. The molecular formula is C16H19ClO4. The van der Waals surface area contributed by atoms with Gasteiger partial charge < -0.3 is 9.47 Å². The highest BCUT2D eigenvalue weighted by Crippen LogP contribution is 2.23. The molecule has 1 aromatic rings. The lowest BCUT2D eigenvalue weighted by atomic mass is 10.1. The number of hydrogen-bond acceptors (Lipinski definition) is 4. The summed E-state index contributed by atoms with van der Waals surface area (Å²) in [5.74, 6) is -1.02. The fourth-order valence-electron chi connectivity index (χ4n) is 1.82. The maximum Gasteiger partial charge on any atom is 0.305 e. The average Bonchev–Trinajstić information content (AvgIpc) is 2.39. The second-order valence-electron chi connectivity index (χ2n) is 4.54. The van der Waals surface area contributed by atoms with Gasteiger partial charge in [-0.05, 0) is 24.1 Å². The zero-order valence-electron chi connectivity index (χ0n) is 12.4. The molecule has 0 aliphatic heterocycles. The fraction of sp³-hybridized carbons (Fsp3) is 0.375. The van der Waals surface area contributed by atoms with Crippen molar-refractivity contribution >= 4 is 29.6 Å². The zero-order valence-corrected chi connectivity index (χ0v) is 13.1. The Morgan fingerprint density at radius 3 is 2.24 bits per heavy atom. The van der Waals surface area contributed by atoms with Crippen LogP contribution in [-0.2, 0) is 19.1 Å². The maximum atomic E-state index is 11.2. The average molecular weight is 311 g/mol. The van der Waals surface area contributed by atoms with E-state index in [0.29, 0.717) is 17.0 Å². The van der Waals surface area contributed by atoms with Gasteiger partial charge in [0.15, 0.2) is 0 Å². The van der Waals surface area contributed by atoms with E-state index in [2.05, 4.69) is 0 Å². The Bertz CT molecular complexity index is 521. The summed E-state index contributed by atoms with van der Waals surface area (Å²) in [6, 6.07) is 7.29. The molecule has 0 aromatic heterocycles.